The second-order valence-corrected chi connectivity index (χ2v) is 5.92. The minimum absolute atomic E-state index is 0.275. The van der Waals surface area contributed by atoms with Crippen LogP contribution in [0.1, 0.15) is 17.5 Å². The molecular weight excluding hydrogens is 305 g/mol. The van der Waals surface area contributed by atoms with Crippen molar-refractivity contribution in [3.05, 3.63) is 41.6 Å². The molecule has 1 aromatic carbocycles. The number of benzene rings is 1. The highest BCUT2D eigenvalue weighted by atomic mass is 32.2. The van der Waals surface area contributed by atoms with E-state index >= 15 is 0 Å². The molecule has 0 aliphatic carbocycles. The normalized spacial score (nSPS) is 11.6. The predicted octanol–water partition coefficient (Wildman–Crippen LogP) is 2.58. The lowest BCUT2D eigenvalue weighted by molar-refractivity contribution is 0.256. The summed E-state index contributed by atoms with van der Waals surface area (Å²) < 4.78 is 18.4. The summed E-state index contributed by atoms with van der Waals surface area (Å²) in [6.07, 6.45) is 1.99. The minimum Gasteiger partial charge on any atom is -0.341 e. The molecule has 0 saturated carbocycles. The molecule has 0 radical (unpaired) electrons. The van der Waals surface area contributed by atoms with Gasteiger partial charge < -0.3 is 9.51 Å². The maximum atomic E-state index is 13.2. The second-order valence-electron chi connectivity index (χ2n) is 5.05. The van der Waals surface area contributed by atoms with Gasteiger partial charge in [-0.3, -0.25) is 4.90 Å². The van der Waals surface area contributed by atoms with Crippen LogP contribution in [-0.4, -0.2) is 38.3 Å². The molecule has 0 saturated heterocycles. The number of aromatic nitrogens is 4. The van der Waals surface area contributed by atoms with E-state index in [1.54, 1.807) is 17.8 Å². The molecule has 3 aromatic rings. The monoisotopic (exact) mass is 321 g/mol. The average Bonchev–Trinajstić information content (AvgIpc) is 3.05. The van der Waals surface area contributed by atoms with Gasteiger partial charge in [0.05, 0.1) is 29.9 Å². The van der Waals surface area contributed by atoms with Crippen LogP contribution >= 0.6 is 11.8 Å². The van der Waals surface area contributed by atoms with Crippen molar-refractivity contribution < 1.29 is 8.91 Å². The smallest absolute Gasteiger partial charge is 0.240 e. The van der Waals surface area contributed by atoms with Gasteiger partial charge in [0.2, 0.25) is 5.89 Å². The molecular formula is C14H16FN5OS. The van der Waals surface area contributed by atoms with Crippen molar-refractivity contribution in [1.29, 1.82) is 0 Å². The second kappa shape index (κ2) is 6.45. The molecule has 0 bridgehead atoms. The van der Waals surface area contributed by atoms with Crippen LogP contribution in [0, 0.1) is 5.82 Å². The first-order valence-electron chi connectivity index (χ1n) is 6.77. The molecule has 0 aliphatic heterocycles. The van der Waals surface area contributed by atoms with Gasteiger partial charge in [-0.25, -0.2) is 9.37 Å². The lowest BCUT2D eigenvalue weighted by Gasteiger charge is -2.11. The van der Waals surface area contributed by atoms with Crippen molar-refractivity contribution in [2.24, 2.45) is 0 Å². The number of H-pyrrole nitrogens is 1. The fourth-order valence-corrected chi connectivity index (χ4v) is 2.57. The van der Waals surface area contributed by atoms with E-state index in [2.05, 4.69) is 20.1 Å². The molecule has 0 unspecified atom stereocenters. The molecule has 6 nitrogen and oxygen atoms in total. The van der Waals surface area contributed by atoms with E-state index in [4.69, 9.17) is 4.52 Å². The molecule has 2 heterocycles. The van der Waals surface area contributed by atoms with Crippen molar-refractivity contribution in [3.63, 3.8) is 0 Å². The molecule has 2 aromatic heterocycles. The number of nitrogens with one attached hydrogen (secondary N) is 1. The fraction of sp³-hybridized carbons (Fsp3) is 0.357. The van der Waals surface area contributed by atoms with Crippen molar-refractivity contribution in [2.45, 2.75) is 18.8 Å². The van der Waals surface area contributed by atoms with Crippen LogP contribution in [0.25, 0.3) is 11.0 Å². The molecule has 0 amide bonds. The highest BCUT2D eigenvalue weighted by Gasteiger charge is 2.11. The van der Waals surface area contributed by atoms with Crippen molar-refractivity contribution in [2.75, 3.05) is 13.3 Å². The SMILES string of the molecule is CSCc1noc(CN(C)Cc2nc3ccc(F)cc3[nH]2)n1. The van der Waals surface area contributed by atoms with Crippen LogP contribution < -0.4 is 0 Å². The maximum Gasteiger partial charge on any atom is 0.240 e. The third kappa shape index (κ3) is 3.45. The van der Waals surface area contributed by atoms with E-state index in [1.165, 1.54) is 12.1 Å². The highest BCUT2D eigenvalue weighted by molar-refractivity contribution is 7.97. The highest BCUT2D eigenvalue weighted by Crippen LogP contribution is 2.14. The molecule has 1 N–H and O–H groups in total. The number of thioether (sulfide) groups is 1. The number of nitrogens with zero attached hydrogens (tertiary/aromatic N) is 4. The number of fused-ring (bicyclic) bond motifs is 1. The summed E-state index contributed by atoms with van der Waals surface area (Å²) in [6, 6.07) is 4.51. The third-order valence-electron chi connectivity index (χ3n) is 3.10. The van der Waals surface area contributed by atoms with Crippen LogP contribution in [0.5, 0.6) is 0 Å². The summed E-state index contributed by atoms with van der Waals surface area (Å²) in [7, 11) is 1.94. The minimum atomic E-state index is -0.275. The van der Waals surface area contributed by atoms with Gasteiger partial charge in [0.1, 0.15) is 11.6 Å². The van der Waals surface area contributed by atoms with E-state index in [1.807, 2.05) is 18.2 Å². The van der Waals surface area contributed by atoms with Gasteiger partial charge in [0.15, 0.2) is 5.82 Å². The van der Waals surface area contributed by atoms with Gasteiger partial charge in [0, 0.05) is 0 Å². The maximum absolute atomic E-state index is 13.2. The molecule has 3 rings (SSSR count). The first-order valence-corrected chi connectivity index (χ1v) is 8.16. The Morgan fingerprint density at radius 3 is 3.00 bits per heavy atom. The number of hydrogen-bond acceptors (Lipinski definition) is 6. The van der Waals surface area contributed by atoms with Crippen LogP contribution in [-0.2, 0) is 18.8 Å². The molecule has 0 aliphatic rings. The van der Waals surface area contributed by atoms with Gasteiger partial charge in [0.25, 0.3) is 0 Å². The van der Waals surface area contributed by atoms with Crippen molar-refractivity contribution >= 4 is 22.8 Å². The molecule has 0 fully saturated rings. The Balaban J connectivity index is 1.65. The Hall–Kier alpha value is -1.93. The van der Waals surface area contributed by atoms with Crippen LogP contribution in [0.2, 0.25) is 0 Å². The Morgan fingerprint density at radius 1 is 1.32 bits per heavy atom. The number of rotatable bonds is 6. The molecule has 0 spiro atoms. The van der Waals surface area contributed by atoms with E-state index < -0.39 is 0 Å². The topological polar surface area (TPSA) is 70.8 Å². The van der Waals surface area contributed by atoms with E-state index in [-0.39, 0.29) is 5.82 Å². The quantitative estimate of drug-likeness (QED) is 0.752. The summed E-state index contributed by atoms with van der Waals surface area (Å²) in [4.78, 5) is 13.9. The first kappa shape index (κ1) is 15.0. The van der Waals surface area contributed by atoms with Crippen molar-refractivity contribution in [3.8, 4) is 0 Å². The summed E-state index contributed by atoms with van der Waals surface area (Å²) in [5.74, 6) is 2.52. The Morgan fingerprint density at radius 2 is 2.18 bits per heavy atom. The Kier molecular flexibility index (Phi) is 4.39. The predicted molar refractivity (Wildman–Crippen MR) is 82.7 cm³/mol. The van der Waals surface area contributed by atoms with Crippen LogP contribution in [0.15, 0.2) is 22.7 Å². The number of halogens is 1. The lowest BCUT2D eigenvalue weighted by Crippen LogP contribution is -2.18. The van der Waals surface area contributed by atoms with Gasteiger partial charge in [-0.15, -0.1) is 0 Å². The van der Waals surface area contributed by atoms with Gasteiger partial charge in [-0.1, -0.05) is 5.16 Å². The third-order valence-corrected chi connectivity index (χ3v) is 3.65. The molecule has 8 heteroatoms. The zero-order valence-electron chi connectivity index (χ0n) is 12.3. The summed E-state index contributed by atoms with van der Waals surface area (Å²) in [6.45, 7) is 1.11. The number of aromatic amines is 1. The Labute approximate surface area is 131 Å². The lowest BCUT2D eigenvalue weighted by atomic mass is 10.3. The zero-order chi connectivity index (χ0) is 15.5. The van der Waals surface area contributed by atoms with Crippen LogP contribution in [0.4, 0.5) is 4.39 Å². The molecule has 22 heavy (non-hydrogen) atoms. The van der Waals surface area contributed by atoms with E-state index in [0.717, 1.165) is 17.1 Å². The first-order chi connectivity index (χ1) is 10.6. The van der Waals surface area contributed by atoms with E-state index in [9.17, 15) is 4.39 Å². The standard InChI is InChI=1S/C14H16FN5OS/c1-20(7-14-18-13(8-22-2)19-21-14)6-12-16-10-4-3-9(15)5-11(10)17-12/h3-5H,6-8H2,1-2H3,(H,16,17). The number of imidazole rings is 1. The van der Waals surface area contributed by atoms with Gasteiger partial charge in [-0.2, -0.15) is 16.7 Å². The average molecular weight is 321 g/mol. The fourth-order valence-electron chi connectivity index (χ4n) is 2.19. The van der Waals surface area contributed by atoms with Gasteiger partial charge >= 0.3 is 0 Å². The summed E-state index contributed by atoms with van der Waals surface area (Å²) >= 11 is 1.65. The Bertz CT molecular complexity index is 772. The van der Waals surface area contributed by atoms with Crippen molar-refractivity contribution in [1.82, 2.24) is 25.0 Å². The molecule has 116 valence electrons. The van der Waals surface area contributed by atoms with Crippen LogP contribution in [0.3, 0.4) is 0 Å². The summed E-state index contributed by atoms with van der Waals surface area (Å²) in [5.41, 5.74) is 1.45. The molecule has 0 atom stereocenters. The van der Waals surface area contributed by atoms with E-state index in [0.29, 0.717) is 30.3 Å². The van der Waals surface area contributed by atoms with Gasteiger partial charge in [-0.05, 0) is 31.5 Å². The largest absolute Gasteiger partial charge is 0.341 e. The number of hydrogen-bond donors (Lipinski definition) is 1. The summed E-state index contributed by atoms with van der Waals surface area (Å²) in [5, 5.41) is 3.91. The zero-order valence-corrected chi connectivity index (χ0v) is 13.2.